The van der Waals surface area contributed by atoms with Crippen LogP contribution in [0.4, 0.5) is 5.69 Å². The monoisotopic (exact) mass is 275 g/mol. The van der Waals surface area contributed by atoms with E-state index in [0.717, 1.165) is 0 Å². The first kappa shape index (κ1) is 15.1. The molecule has 0 unspecified atom stereocenters. The third kappa shape index (κ3) is 4.73. The second-order valence-electron chi connectivity index (χ2n) is 3.63. The summed E-state index contributed by atoms with van der Waals surface area (Å²) in [5.41, 5.74) is 4.47. The van der Waals surface area contributed by atoms with Gasteiger partial charge in [-0.15, -0.1) is 0 Å². The van der Waals surface area contributed by atoms with Crippen molar-refractivity contribution in [3.05, 3.63) is 64.2 Å². The quantitative estimate of drug-likeness (QED) is 0.376. The molecule has 2 amide bonds. The lowest BCUT2D eigenvalue weighted by molar-refractivity contribution is -0.384. The molecule has 0 spiro atoms. The maximum atomic E-state index is 11.6. The number of benzene rings is 1. The number of hydrazine groups is 1. The third-order valence-electron chi connectivity index (χ3n) is 2.19. The lowest BCUT2D eigenvalue weighted by Gasteiger charge is -2.04. The van der Waals surface area contributed by atoms with Gasteiger partial charge in [-0.05, 0) is 19.1 Å². The number of nitro groups is 1. The molecule has 0 aliphatic carbocycles. The predicted molar refractivity (Wildman–Crippen MR) is 72.7 cm³/mol. The Morgan fingerprint density at radius 1 is 1.15 bits per heavy atom. The lowest BCUT2D eigenvalue weighted by atomic mass is 10.2. The van der Waals surface area contributed by atoms with Crippen molar-refractivity contribution in [1.82, 2.24) is 10.9 Å². The van der Waals surface area contributed by atoms with E-state index in [2.05, 4.69) is 10.9 Å². The van der Waals surface area contributed by atoms with Crippen LogP contribution in [0.3, 0.4) is 0 Å². The highest BCUT2D eigenvalue weighted by molar-refractivity contribution is 5.97. The minimum atomic E-state index is -0.562. The molecule has 7 heteroatoms. The molecule has 7 nitrogen and oxygen atoms in total. The molecule has 0 fully saturated rings. The summed E-state index contributed by atoms with van der Waals surface area (Å²) in [6, 6.07) is 5.02. The summed E-state index contributed by atoms with van der Waals surface area (Å²) in [7, 11) is 0. The highest BCUT2D eigenvalue weighted by Gasteiger charge is 2.09. The van der Waals surface area contributed by atoms with E-state index in [9.17, 15) is 19.7 Å². The van der Waals surface area contributed by atoms with Gasteiger partial charge >= 0.3 is 0 Å². The first-order valence-corrected chi connectivity index (χ1v) is 5.68. The van der Waals surface area contributed by atoms with Crippen LogP contribution in [0.1, 0.15) is 17.3 Å². The number of nitro benzene ring substituents is 1. The van der Waals surface area contributed by atoms with Gasteiger partial charge in [0.05, 0.1) is 4.92 Å². The summed E-state index contributed by atoms with van der Waals surface area (Å²) in [4.78, 5) is 32.8. The number of rotatable bonds is 4. The Morgan fingerprint density at radius 2 is 1.80 bits per heavy atom. The Bertz CT molecular complexity index is 561. The molecular weight excluding hydrogens is 262 g/mol. The number of allylic oxidation sites excluding steroid dienone is 3. The average Bonchev–Trinajstić information content (AvgIpc) is 2.45. The van der Waals surface area contributed by atoms with Crippen molar-refractivity contribution >= 4 is 17.5 Å². The van der Waals surface area contributed by atoms with E-state index in [1.807, 2.05) is 0 Å². The number of hydrogen-bond acceptors (Lipinski definition) is 4. The topological polar surface area (TPSA) is 101 Å². The van der Waals surface area contributed by atoms with Gasteiger partial charge in [0, 0.05) is 23.8 Å². The summed E-state index contributed by atoms with van der Waals surface area (Å²) < 4.78 is 0. The number of nitrogens with zero attached hydrogens (tertiary/aromatic N) is 1. The van der Waals surface area contributed by atoms with Crippen LogP contribution in [0, 0.1) is 10.1 Å². The van der Waals surface area contributed by atoms with Gasteiger partial charge in [0.25, 0.3) is 17.5 Å². The molecule has 0 saturated heterocycles. The second kappa shape index (κ2) is 7.47. The zero-order chi connectivity index (χ0) is 15.0. The molecule has 1 aromatic rings. The Balaban J connectivity index is 2.54. The van der Waals surface area contributed by atoms with Crippen LogP contribution in [0.2, 0.25) is 0 Å². The molecular formula is C13H13N3O4. The van der Waals surface area contributed by atoms with E-state index in [4.69, 9.17) is 0 Å². The van der Waals surface area contributed by atoms with Gasteiger partial charge in [-0.2, -0.15) is 0 Å². The summed E-state index contributed by atoms with van der Waals surface area (Å²) in [6.07, 6.45) is 6.18. The molecule has 0 bridgehead atoms. The fraction of sp³-hybridized carbons (Fsp3) is 0.0769. The third-order valence-corrected chi connectivity index (χ3v) is 2.19. The maximum Gasteiger partial charge on any atom is 0.269 e. The summed E-state index contributed by atoms with van der Waals surface area (Å²) in [6.45, 7) is 1.80. The van der Waals surface area contributed by atoms with Crippen LogP contribution in [0.25, 0.3) is 0 Å². The molecule has 0 aliphatic rings. The Hall–Kier alpha value is -2.96. The highest BCUT2D eigenvalue weighted by Crippen LogP contribution is 2.11. The summed E-state index contributed by atoms with van der Waals surface area (Å²) in [5, 5.41) is 10.5. The van der Waals surface area contributed by atoms with Gasteiger partial charge in [-0.25, -0.2) is 0 Å². The van der Waals surface area contributed by atoms with E-state index >= 15 is 0 Å². The fourth-order valence-corrected chi connectivity index (χ4v) is 1.22. The van der Waals surface area contributed by atoms with Gasteiger partial charge in [0.15, 0.2) is 0 Å². The van der Waals surface area contributed by atoms with E-state index in [1.54, 1.807) is 19.1 Å². The molecule has 0 heterocycles. The number of carbonyl (C=O) groups excluding carboxylic acids is 2. The Morgan fingerprint density at radius 3 is 2.35 bits per heavy atom. The van der Waals surface area contributed by atoms with Crippen LogP contribution in [0.5, 0.6) is 0 Å². The zero-order valence-electron chi connectivity index (χ0n) is 10.7. The Labute approximate surface area is 115 Å². The van der Waals surface area contributed by atoms with Crippen LogP contribution < -0.4 is 10.9 Å². The minimum absolute atomic E-state index is 0.111. The largest absolute Gasteiger partial charge is 0.269 e. The first-order valence-electron chi connectivity index (χ1n) is 5.68. The highest BCUT2D eigenvalue weighted by atomic mass is 16.6. The van der Waals surface area contributed by atoms with Gasteiger partial charge in [0.1, 0.15) is 0 Å². The molecule has 104 valence electrons. The van der Waals surface area contributed by atoms with Crippen molar-refractivity contribution in [2.24, 2.45) is 0 Å². The number of non-ortho nitro benzene ring substituents is 1. The van der Waals surface area contributed by atoms with Crippen molar-refractivity contribution in [2.45, 2.75) is 6.92 Å². The normalized spacial score (nSPS) is 10.7. The van der Waals surface area contributed by atoms with Crippen LogP contribution in [0.15, 0.2) is 48.6 Å². The van der Waals surface area contributed by atoms with Crippen molar-refractivity contribution < 1.29 is 14.5 Å². The van der Waals surface area contributed by atoms with Gasteiger partial charge in [-0.3, -0.25) is 30.6 Å². The maximum absolute atomic E-state index is 11.6. The number of hydrogen-bond donors (Lipinski definition) is 2. The standard InChI is InChI=1S/C13H13N3O4/c1-2-3-4-5-12(17)14-15-13(18)10-6-8-11(9-7-10)16(19)20/h2-9H,1H3,(H,14,17)(H,15,18)/b3-2+,5-4+. The second-order valence-corrected chi connectivity index (χ2v) is 3.63. The van der Waals surface area contributed by atoms with Crippen molar-refractivity contribution in [2.75, 3.05) is 0 Å². The summed E-state index contributed by atoms with van der Waals surface area (Å²) in [5.74, 6) is -1.05. The minimum Gasteiger partial charge on any atom is -0.268 e. The number of amides is 2. The molecule has 20 heavy (non-hydrogen) atoms. The number of nitrogens with one attached hydrogen (secondary N) is 2. The average molecular weight is 275 g/mol. The molecule has 0 radical (unpaired) electrons. The van der Waals surface area contributed by atoms with Gasteiger partial charge < -0.3 is 0 Å². The molecule has 0 atom stereocenters. The summed E-state index contributed by atoms with van der Waals surface area (Å²) >= 11 is 0. The molecule has 2 N–H and O–H groups in total. The fourth-order valence-electron chi connectivity index (χ4n) is 1.22. The molecule has 0 aliphatic heterocycles. The van der Waals surface area contributed by atoms with E-state index in [-0.39, 0.29) is 11.3 Å². The molecule has 1 rings (SSSR count). The predicted octanol–water partition coefficient (Wildman–Crippen LogP) is 1.49. The molecule has 0 saturated carbocycles. The van der Waals surface area contributed by atoms with Crippen LogP contribution in [-0.4, -0.2) is 16.7 Å². The van der Waals surface area contributed by atoms with Crippen molar-refractivity contribution in [3.8, 4) is 0 Å². The molecule has 1 aromatic carbocycles. The SMILES string of the molecule is C/C=C/C=C/C(=O)NNC(=O)c1ccc([N+](=O)[O-])cc1. The smallest absolute Gasteiger partial charge is 0.268 e. The van der Waals surface area contributed by atoms with Crippen LogP contribution in [-0.2, 0) is 4.79 Å². The van der Waals surface area contributed by atoms with Gasteiger partial charge in [-0.1, -0.05) is 18.2 Å². The zero-order valence-corrected chi connectivity index (χ0v) is 10.7. The Kier molecular flexibility index (Phi) is 5.64. The number of carbonyl (C=O) groups is 2. The van der Waals surface area contributed by atoms with E-state index in [1.165, 1.54) is 36.4 Å². The van der Waals surface area contributed by atoms with E-state index in [0.29, 0.717) is 0 Å². The lowest BCUT2D eigenvalue weighted by Crippen LogP contribution is -2.40. The van der Waals surface area contributed by atoms with E-state index < -0.39 is 16.7 Å². The van der Waals surface area contributed by atoms with Crippen molar-refractivity contribution in [3.63, 3.8) is 0 Å². The molecule has 0 aromatic heterocycles. The van der Waals surface area contributed by atoms with Crippen LogP contribution >= 0.6 is 0 Å². The van der Waals surface area contributed by atoms with Gasteiger partial charge in [0.2, 0.25) is 0 Å². The van der Waals surface area contributed by atoms with Crippen molar-refractivity contribution in [1.29, 1.82) is 0 Å². The first-order chi connectivity index (χ1) is 9.54.